The molecule has 0 spiro atoms. The molecule has 0 radical (unpaired) electrons. The van der Waals surface area contributed by atoms with Crippen LogP contribution in [0.2, 0.25) is 0 Å². The van der Waals surface area contributed by atoms with E-state index in [4.69, 9.17) is 10.9 Å². The molecular weight excluding hydrogens is 254 g/mol. The Labute approximate surface area is 106 Å². The van der Waals surface area contributed by atoms with Crippen LogP contribution in [-0.2, 0) is 21.4 Å². The monoisotopic (exact) mass is 269 g/mol. The summed E-state index contributed by atoms with van der Waals surface area (Å²) in [6, 6.07) is 7.17. The predicted octanol–water partition coefficient (Wildman–Crippen LogP) is -0.461. The highest BCUT2D eigenvalue weighted by molar-refractivity contribution is 7.89. The molecule has 4 N–H and O–H groups in total. The molecule has 6 nitrogen and oxygen atoms in total. The minimum atomic E-state index is -3.69. The highest BCUT2D eigenvalue weighted by Gasteiger charge is 2.37. The first kappa shape index (κ1) is 13.0. The second-order valence-electron chi connectivity index (χ2n) is 4.25. The molecule has 1 unspecified atom stereocenters. The maximum atomic E-state index is 11.9. The van der Waals surface area contributed by atoms with Gasteiger partial charge in [-0.05, 0) is 11.6 Å². The Morgan fingerprint density at radius 1 is 1.33 bits per heavy atom. The van der Waals surface area contributed by atoms with E-state index in [-0.39, 0.29) is 18.9 Å². The molecule has 1 aliphatic heterocycles. The van der Waals surface area contributed by atoms with Crippen LogP contribution in [0.15, 0.2) is 24.3 Å². The second kappa shape index (κ2) is 4.68. The maximum Gasteiger partial charge on any atom is 0.228 e. The Morgan fingerprint density at radius 2 is 2.00 bits per heavy atom. The molecule has 1 fully saturated rings. The largest absolute Gasteiger partial charge is 0.326 e. The minimum Gasteiger partial charge on any atom is -0.326 e. The van der Waals surface area contributed by atoms with E-state index in [1.54, 1.807) is 12.1 Å². The molecule has 0 aromatic heterocycles. The van der Waals surface area contributed by atoms with E-state index in [1.165, 1.54) is 4.90 Å². The molecule has 7 heteroatoms. The van der Waals surface area contributed by atoms with Crippen LogP contribution < -0.4 is 15.8 Å². The summed E-state index contributed by atoms with van der Waals surface area (Å²) < 4.78 is 22.6. The van der Waals surface area contributed by atoms with Gasteiger partial charge in [0, 0.05) is 25.2 Å². The van der Waals surface area contributed by atoms with Crippen LogP contribution in [0.3, 0.4) is 0 Å². The Morgan fingerprint density at radius 3 is 2.56 bits per heavy atom. The Bertz CT molecular complexity index is 571. The van der Waals surface area contributed by atoms with Gasteiger partial charge in [0.1, 0.15) is 5.25 Å². The number of anilines is 1. The number of sulfonamides is 1. The average Bonchev–Trinajstić information content (AvgIpc) is 2.71. The summed E-state index contributed by atoms with van der Waals surface area (Å²) in [5.74, 6) is -0.241. The third kappa shape index (κ3) is 2.38. The van der Waals surface area contributed by atoms with E-state index in [1.807, 2.05) is 12.1 Å². The summed E-state index contributed by atoms with van der Waals surface area (Å²) in [7, 11) is -3.69. The number of primary sulfonamides is 1. The van der Waals surface area contributed by atoms with Gasteiger partial charge in [0.15, 0.2) is 0 Å². The molecule has 1 aromatic rings. The van der Waals surface area contributed by atoms with Crippen LogP contribution in [-0.4, -0.2) is 26.1 Å². The number of carbonyl (C=O) groups excluding carboxylic acids is 1. The second-order valence-corrected chi connectivity index (χ2v) is 6.10. The van der Waals surface area contributed by atoms with Crippen molar-refractivity contribution in [2.24, 2.45) is 10.9 Å². The van der Waals surface area contributed by atoms with E-state index in [2.05, 4.69) is 0 Å². The van der Waals surface area contributed by atoms with Crippen LogP contribution in [0.1, 0.15) is 12.0 Å². The standard InChI is InChI=1S/C11H15N3O3S/c12-6-8-3-1-2-4-10(8)14-7-9(5-11(14)15)18(13,16)17/h1-4,9H,5-7,12H2,(H2,13,16,17). The lowest BCUT2D eigenvalue weighted by Gasteiger charge is -2.19. The molecule has 1 amide bonds. The van der Waals surface area contributed by atoms with E-state index in [0.717, 1.165) is 5.56 Å². The van der Waals surface area contributed by atoms with Crippen molar-refractivity contribution in [3.05, 3.63) is 29.8 Å². The first-order chi connectivity index (χ1) is 8.43. The summed E-state index contributed by atoms with van der Waals surface area (Å²) in [6.07, 6.45) is -0.0717. The molecule has 1 saturated heterocycles. The lowest BCUT2D eigenvalue weighted by Crippen LogP contribution is -2.32. The van der Waals surface area contributed by atoms with E-state index >= 15 is 0 Å². The molecule has 0 bridgehead atoms. The maximum absolute atomic E-state index is 11.9. The molecule has 1 heterocycles. The van der Waals surface area contributed by atoms with E-state index in [0.29, 0.717) is 12.2 Å². The Balaban J connectivity index is 2.33. The quantitative estimate of drug-likeness (QED) is 0.774. The number of hydrogen-bond donors (Lipinski definition) is 2. The SMILES string of the molecule is NCc1ccccc1N1CC(S(N)(=O)=O)CC1=O. The summed E-state index contributed by atoms with van der Waals surface area (Å²) in [6.45, 7) is 0.384. The van der Waals surface area contributed by atoms with Gasteiger partial charge in [-0.1, -0.05) is 18.2 Å². The van der Waals surface area contributed by atoms with Crippen molar-refractivity contribution in [3.63, 3.8) is 0 Å². The smallest absolute Gasteiger partial charge is 0.228 e. The van der Waals surface area contributed by atoms with Crippen LogP contribution in [0.25, 0.3) is 0 Å². The third-order valence-electron chi connectivity index (χ3n) is 3.06. The van der Waals surface area contributed by atoms with Gasteiger partial charge >= 0.3 is 0 Å². The molecular formula is C11H15N3O3S. The highest BCUT2D eigenvalue weighted by atomic mass is 32.2. The van der Waals surface area contributed by atoms with Crippen molar-refractivity contribution in [3.8, 4) is 0 Å². The fourth-order valence-electron chi connectivity index (χ4n) is 2.07. The first-order valence-electron chi connectivity index (χ1n) is 5.53. The molecule has 1 aliphatic rings. The Hall–Kier alpha value is -1.44. The lowest BCUT2D eigenvalue weighted by molar-refractivity contribution is -0.117. The molecule has 2 rings (SSSR count). The summed E-state index contributed by atoms with van der Waals surface area (Å²) in [5, 5.41) is 4.25. The predicted molar refractivity (Wildman–Crippen MR) is 68.2 cm³/mol. The van der Waals surface area contributed by atoms with Crippen LogP contribution in [0.5, 0.6) is 0 Å². The van der Waals surface area contributed by atoms with Crippen molar-refractivity contribution in [1.29, 1.82) is 0 Å². The number of nitrogens with two attached hydrogens (primary N) is 2. The van der Waals surface area contributed by atoms with Gasteiger partial charge < -0.3 is 10.6 Å². The van der Waals surface area contributed by atoms with Gasteiger partial charge in [-0.25, -0.2) is 13.6 Å². The zero-order valence-corrected chi connectivity index (χ0v) is 10.6. The number of rotatable bonds is 3. The molecule has 98 valence electrons. The number of carbonyl (C=O) groups is 1. The first-order valence-corrected chi connectivity index (χ1v) is 7.14. The van der Waals surface area contributed by atoms with Crippen molar-refractivity contribution < 1.29 is 13.2 Å². The average molecular weight is 269 g/mol. The van der Waals surface area contributed by atoms with Gasteiger partial charge in [-0.15, -0.1) is 0 Å². The number of amides is 1. The lowest BCUT2D eigenvalue weighted by atomic mass is 10.1. The third-order valence-corrected chi connectivity index (χ3v) is 4.30. The van der Waals surface area contributed by atoms with Gasteiger partial charge in [-0.3, -0.25) is 4.79 Å². The van der Waals surface area contributed by atoms with Gasteiger partial charge in [0.2, 0.25) is 15.9 Å². The van der Waals surface area contributed by atoms with Gasteiger partial charge in [0.25, 0.3) is 0 Å². The fourth-order valence-corrected chi connectivity index (χ4v) is 2.81. The zero-order valence-electron chi connectivity index (χ0n) is 9.74. The van der Waals surface area contributed by atoms with Crippen LogP contribution in [0, 0.1) is 0 Å². The zero-order chi connectivity index (χ0) is 13.3. The fraction of sp³-hybridized carbons (Fsp3) is 0.364. The van der Waals surface area contributed by atoms with E-state index in [9.17, 15) is 13.2 Å². The van der Waals surface area contributed by atoms with E-state index < -0.39 is 15.3 Å². The van der Waals surface area contributed by atoms with Gasteiger partial charge in [-0.2, -0.15) is 0 Å². The molecule has 1 aromatic carbocycles. The molecule has 0 aliphatic carbocycles. The molecule has 1 atom stereocenters. The van der Waals surface area contributed by atoms with Crippen molar-refractivity contribution in [2.75, 3.05) is 11.4 Å². The number of hydrogen-bond acceptors (Lipinski definition) is 4. The summed E-state index contributed by atoms with van der Waals surface area (Å²) in [5.41, 5.74) is 7.07. The number of para-hydroxylation sites is 1. The summed E-state index contributed by atoms with van der Waals surface area (Å²) >= 11 is 0. The normalized spacial score (nSPS) is 20.4. The minimum absolute atomic E-state index is 0.0717. The molecule has 18 heavy (non-hydrogen) atoms. The molecule has 0 saturated carbocycles. The van der Waals surface area contributed by atoms with Crippen LogP contribution >= 0.6 is 0 Å². The van der Waals surface area contributed by atoms with Gasteiger partial charge in [0.05, 0.1) is 0 Å². The van der Waals surface area contributed by atoms with Crippen LogP contribution in [0.4, 0.5) is 5.69 Å². The highest BCUT2D eigenvalue weighted by Crippen LogP contribution is 2.27. The topological polar surface area (TPSA) is 106 Å². The van der Waals surface area contributed by atoms with Crippen molar-refractivity contribution >= 4 is 21.6 Å². The number of nitrogens with zero attached hydrogens (tertiary/aromatic N) is 1. The summed E-state index contributed by atoms with van der Waals surface area (Å²) in [4.78, 5) is 13.3. The van der Waals surface area contributed by atoms with Crippen molar-refractivity contribution in [2.45, 2.75) is 18.2 Å². The van der Waals surface area contributed by atoms with Crippen molar-refractivity contribution in [1.82, 2.24) is 0 Å². The Kier molecular flexibility index (Phi) is 3.38. The number of benzene rings is 1.